The van der Waals surface area contributed by atoms with Gasteiger partial charge in [0.05, 0.1) is 0 Å². The van der Waals surface area contributed by atoms with Crippen LogP contribution >= 0.6 is 11.6 Å². The number of aliphatic carboxylic acids is 1. The van der Waals surface area contributed by atoms with Crippen molar-refractivity contribution < 1.29 is 9.90 Å². The third kappa shape index (κ3) is 1.67. The van der Waals surface area contributed by atoms with Gasteiger partial charge in [-0.05, 0) is 37.4 Å². The van der Waals surface area contributed by atoms with Crippen LogP contribution in [0.1, 0.15) is 19.5 Å². The van der Waals surface area contributed by atoms with E-state index >= 15 is 0 Å². The molecule has 2 N–H and O–H groups in total. The van der Waals surface area contributed by atoms with E-state index in [-0.39, 0.29) is 0 Å². The second-order valence-corrected chi connectivity index (χ2v) is 4.78. The second-order valence-electron chi connectivity index (χ2n) is 4.34. The SMILES string of the molecule is CC(C)(C(=O)O)c1cc2ccc(Cl)cc2[nH]1. The average Bonchev–Trinajstić information content (AvgIpc) is 2.60. The van der Waals surface area contributed by atoms with Crippen LogP contribution in [-0.4, -0.2) is 16.1 Å². The van der Waals surface area contributed by atoms with E-state index in [1.165, 1.54) is 0 Å². The Hall–Kier alpha value is -1.48. The van der Waals surface area contributed by atoms with Crippen molar-refractivity contribution >= 4 is 28.5 Å². The first kappa shape index (κ1) is 11.0. The minimum atomic E-state index is -0.925. The number of hydrogen-bond acceptors (Lipinski definition) is 1. The molecule has 3 nitrogen and oxygen atoms in total. The molecule has 0 unspecified atom stereocenters. The van der Waals surface area contributed by atoms with E-state index in [0.29, 0.717) is 10.7 Å². The summed E-state index contributed by atoms with van der Waals surface area (Å²) in [6.07, 6.45) is 0. The molecule has 0 amide bonds. The lowest BCUT2D eigenvalue weighted by Crippen LogP contribution is -2.28. The minimum absolute atomic E-state index is 0.633. The maximum atomic E-state index is 11.1. The number of H-pyrrole nitrogens is 1. The maximum Gasteiger partial charge on any atom is 0.315 e. The molecule has 1 heterocycles. The van der Waals surface area contributed by atoms with Gasteiger partial charge in [0.15, 0.2) is 0 Å². The highest BCUT2D eigenvalue weighted by molar-refractivity contribution is 6.31. The van der Waals surface area contributed by atoms with E-state index in [1.54, 1.807) is 26.0 Å². The Kier molecular flexibility index (Phi) is 2.43. The van der Waals surface area contributed by atoms with Crippen molar-refractivity contribution in [1.29, 1.82) is 0 Å². The molecule has 0 bridgehead atoms. The van der Waals surface area contributed by atoms with Gasteiger partial charge in [-0.3, -0.25) is 4.79 Å². The van der Waals surface area contributed by atoms with Gasteiger partial charge in [-0.25, -0.2) is 0 Å². The number of fused-ring (bicyclic) bond motifs is 1. The lowest BCUT2D eigenvalue weighted by molar-refractivity contribution is -0.142. The zero-order valence-electron chi connectivity index (χ0n) is 9.04. The van der Waals surface area contributed by atoms with E-state index < -0.39 is 11.4 Å². The number of carboxylic acids is 1. The fourth-order valence-corrected chi connectivity index (χ4v) is 1.72. The molecule has 0 aliphatic carbocycles. The highest BCUT2D eigenvalue weighted by atomic mass is 35.5. The van der Waals surface area contributed by atoms with Crippen LogP contribution in [0.25, 0.3) is 10.9 Å². The third-order valence-corrected chi connectivity index (χ3v) is 3.03. The van der Waals surface area contributed by atoms with Crippen LogP contribution in [0.15, 0.2) is 24.3 Å². The normalized spacial score (nSPS) is 11.9. The van der Waals surface area contributed by atoms with Crippen molar-refractivity contribution in [3.63, 3.8) is 0 Å². The van der Waals surface area contributed by atoms with Crippen molar-refractivity contribution in [2.75, 3.05) is 0 Å². The third-order valence-electron chi connectivity index (χ3n) is 2.79. The predicted octanol–water partition coefficient (Wildman–Crippen LogP) is 3.18. The fourth-order valence-electron chi connectivity index (χ4n) is 1.55. The largest absolute Gasteiger partial charge is 0.481 e. The molecule has 2 aromatic rings. The van der Waals surface area contributed by atoms with Gasteiger partial charge in [-0.2, -0.15) is 0 Å². The smallest absolute Gasteiger partial charge is 0.315 e. The number of carbonyl (C=O) groups is 1. The first-order valence-corrected chi connectivity index (χ1v) is 5.31. The molecule has 84 valence electrons. The molecule has 0 saturated carbocycles. The van der Waals surface area contributed by atoms with Gasteiger partial charge in [0, 0.05) is 16.2 Å². The summed E-state index contributed by atoms with van der Waals surface area (Å²) in [4.78, 5) is 14.2. The van der Waals surface area contributed by atoms with Crippen LogP contribution in [0.2, 0.25) is 5.02 Å². The lowest BCUT2D eigenvalue weighted by Gasteiger charge is -2.16. The van der Waals surface area contributed by atoms with E-state index in [1.807, 2.05) is 12.1 Å². The number of aromatic nitrogens is 1. The van der Waals surface area contributed by atoms with Crippen molar-refractivity contribution in [3.05, 3.63) is 35.0 Å². The molecule has 0 aliphatic heterocycles. The summed E-state index contributed by atoms with van der Waals surface area (Å²) < 4.78 is 0. The zero-order valence-corrected chi connectivity index (χ0v) is 9.80. The molecule has 4 heteroatoms. The summed E-state index contributed by atoms with van der Waals surface area (Å²) in [6.45, 7) is 3.34. The number of aromatic amines is 1. The molecular formula is C12H12ClNO2. The number of benzene rings is 1. The van der Waals surface area contributed by atoms with Gasteiger partial charge in [-0.15, -0.1) is 0 Å². The minimum Gasteiger partial charge on any atom is -0.481 e. The maximum absolute atomic E-state index is 11.1. The Morgan fingerprint density at radius 1 is 1.38 bits per heavy atom. The monoisotopic (exact) mass is 237 g/mol. The molecule has 0 fully saturated rings. The van der Waals surface area contributed by atoms with Crippen LogP contribution in [0, 0.1) is 0 Å². The molecule has 1 aromatic carbocycles. The summed E-state index contributed by atoms with van der Waals surface area (Å²) in [5, 5.41) is 10.7. The van der Waals surface area contributed by atoms with Crippen molar-refractivity contribution in [3.8, 4) is 0 Å². The topological polar surface area (TPSA) is 53.1 Å². The second kappa shape index (κ2) is 3.52. The molecule has 0 spiro atoms. The van der Waals surface area contributed by atoms with Crippen LogP contribution < -0.4 is 0 Å². The van der Waals surface area contributed by atoms with Crippen molar-refractivity contribution in [1.82, 2.24) is 4.98 Å². The van der Waals surface area contributed by atoms with Gasteiger partial charge in [0.1, 0.15) is 5.41 Å². The van der Waals surface area contributed by atoms with Crippen LogP contribution in [-0.2, 0) is 10.2 Å². The van der Waals surface area contributed by atoms with Gasteiger partial charge >= 0.3 is 5.97 Å². The Bertz CT molecular complexity index is 557. The standard InChI is InChI=1S/C12H12ClNO2/c1-12(2,11(15)16)10-5-7-3-4-8(13)6-9(7)14-10/h3-6,14H,1-2H3,(H,15,16). The highest BCUT2D eigenvalue weighted by Gasteiger charge is 2.31. The molecule has 0 radical (unpaired) electrons. The number of hydrogen-bond donors (Lipinski definition) is 2. The quantitative estimate of drug-likeness (QED) is 0.843. The Morgan fingerprint density at radius 3 is 2.69 bits per heavy atom. The van der Waals surface area contributed by atoms with E-state index in [9.17, 15) is 4.79 Å². The van der Waals surface area contributed by atoms with Crippen LogP contribution in [0.4, 0.5) is 0 Å². The summed E-state index contributed by atoms with van der Waals surface area (Å²) in [5.74, 6) is -0.856. The van der Waals surface area contributed by atoms with E-state index in [2.05, 4.69) is 4.98 Å². The van der Waals surface area contributed by atoms with E-state index in [4.69, 9.17) is 16.7 Å². The van der Waals surface area contributed by atoms with Crippen molar-refractivity contribution in [2.45, 2.75) is 19.3 Å². The summed E-state index contributed by atoms with van der Waals surface area (Å²) in [5.41, 5.74) is 0.611. The number of rotatable bonds is 2. The first-order valence-electron chi connectivity index (χ1n) is 4.93. The summed E-state index contributed by atoms with van der Waals surface area (Å²) in [6, 6.07) is 7.29. The molecule has 16 heavy (non-hydrogen) atoms. The molecule has 0 atom stereocenters. The van der Waals surface area contributed by atoms with Crippen LogP contribution in [0.3, 0.4) is 0 Å². The van der Waals surface area contributed by atoms with Crippen molar-refractivity contribution in [2.24, 2.45) is 0 Å². The zero-order chi connectivity index (χ0) is 11.9. The Labute approximate surface area is 98.0 Å². The van der Waals surface area contributed by atoms with E-state index in [0.717, 1.165) is 10.9 Å². The van der Waals surface area contributed by atoms with Gasteiger partial charge in [0.25, 0.3) is 0 Å². The molecule has 0 saturated heterocycles. The number of halogens is 1. The fraction of sp³-hybridized carbons (Fsp3) is 0.250. The van der Waals surface area contributed by atoms with Gasteiger partial charge in [0.2, 0.25) is 0 Å². The molecule has 0 aliphatic rings. The van der Waals surface area contributed by atoms with Gasteiger partial charge < -0.3 is 10.1 Å². The Balaban J connectivity index is 2.59. The number of carboxylic acid groups (broad SMARTS) is 1. The molecule has 1 aromatic heterocycles. The van der Waals surface area contributed by atoms with Gasteiger partial charge in [-0.1, -0.05) is 17.7 Å². The Morgan fingerprint density at radius 2 is 2.06 bits per heavy atom. The highest BCUT2D eigenvalue weighted by Crippen LogP contribution is 2.27. The first-order chi connectivity index (χ1) is 7.41. The predicted molar refractivity (Wildman–Crippen MR) is 64.0 cm³/mol. The van der Waals surface area contributed by atoms with Crippen LogP contribution in [0.5, 0.6) is 0 Å². The summed E-state index contributed by atoms with van der Waals surface area (Å²) in [7, 11) is 0. The molecule has 2 rings (SSSR count). The summed E-state index contributed by atoms with van der Waals surface area (Å²) >= 11 is 5.87. The number of nitrogens with one attached hydrogen (secondary N) is 1. The molecular weight excluding hydrogens is 226 g/mol. The lowest BCUT2D eigenvalue weighted by atomic mass is 9.90. The average molecular weight is 238 g/mol.